The zero-order valence-electron chi connectivity index (χ0n) is 12.7. The summed E-state index contributed by atoms with van der Waals surface area (Å²) in [5.74, 6) is -0.141. The highest BCUT2D eigenvalue weighted by molar-refractivity contribution is 6.33. The molecule has 0 aliphatic carbocycles. The van der Waals surface area contributed by atoms with E-state index in [1.807, 2.05) is 30.3 Å². The first-order valence-corrected chi connectivity index (χ1v) is 8.14. The van der Waals surface area contributed by atoms with Crippen molar-refractivity contribution >= 4 is 29.1 Å². The van der Waals surface area contributed by atoms with Crippen molar-refractivity contribution < 1.29 is 4.79 Å². The van der Waals surface area contributed by atoms with Gasteiger partial charge < -0.3 is 9.88 Å². The van der Waals surface area contributed by atoms with Crippen molar-refractivity contribution in [2.24, 2.45) is 0 Å². The zero-order valence-corrected chi connectivity index (χ0v) is 14.2. The van der Waals surface area contributed by atoms with Crippen LogP contribution < -0.4 is 5.32 Å². The van der Waals surface area contributed by atoms with Gasteiger partial charge in [-0.25, -0.2) is 4.98 Å². The molecule has 3 rings (SSSR count). The van der Waals surface area contributed by atoms with Crippen molar-refractivity contribution in [3.63, 3.8) is 0 Å². The van der Waals surface area contributed by atoms with Crippen molar-refractivity contribution in [2.45, 2.75) is 12.6 Å². The van der Waals surface area contributed by atoms with Crippen LogP contribution in [0.25, 0.3) is 0 Å². The largest absolute Gasteiger partial charge is 0.344 e. The maximum atomic E-state index is 12.4. The summed E-state index contributed by atoms with van der Waals surface area (Å²) in [7, 11) is 0. The predicted molar refractivity (Wildman–Crippen MR) is 95.1 cm³/mol. The Morgan fingerprint density at radius 2 is 1.96 bits per heavy atom. The van der Waals surface area contributed by atoms with Crippen LogP contribution in [0.4, 0.5) is 0 Å². The Labute approximate surface area is 150 Å². The van der Waals surface area contributed by atoms with Gasteiger partial charge in [0.25, 0.3) is 0 Å². The van der Waals surface area contributed by atoms with E-state index < -0.39 is 0 Å². The molecule has 0 saturated carbocycles. The fourth-order valence-electron chi connectivity index (χ4n) is 2.47. The molecule has 2 aromatic carbocycles. The molecule has 4 nitrogen and oxygen atoms in total. The van der Waals surface area contributed by atoms with Gasteiger partial charge in [-0.3, -0.25) is 4.79 Å². The second-order valence-corrected chi connectivity index (χ2v) is 6.16. The Morgan fingerprint density at radius 3 is 2.67 bits per heavy atom. The monoisotopic (exact) mass is 359 g/mol. The molecule has 0 spiro atoms. The summed E-state index contributed by atoms with van der Waals surface area (Å²) >= 11 is 12.5. The number of rotatable bonds is 5. The maximum Gasteiger partial charge on any atom is 0.240 e. The predicted octanol–water partition coefficient (Wildman–Crippen LogP) is 4.10. The van der Waals surface area contributed by atoms with E-state index in [4.69, 9.17) is 23.2 Å². The molecule has 122 valence electrons. The third-order valence-corrected chi connectivity index (χ3v) is 4.17. The quantitative estimate of drug-likeness (QED) is 0.745. The van der Waals surface area contributed by atoms with Gasteiger partial charge in [0.05, 0.1) is 12.4 Å². The van der Waals surface area contributed by atoms with Gasteiger partial charge in [-0.15, -0.1) is 0 Å². The average molecular weight is 360 g/mol. The van der Waals surface area contributed by atoms with Crippen molar-refractivity contribution in [3.8, 4) is 0 Å². The molecule has 1 amide bonds. The van der Waals surface area contributed by atoms with Gasteiger partial charge in [-0.1, -0.05) is 53.5 Å². The van der Waals surface area contributed by atoms with E-state index >= 15 is 0 Å². The van der Waals surface area contributed by atoms with E-state index in [0.717, 1.165) is 11.1 Å². The summed E-state index contributed by atoms with van der Waals surface area (Å²) < 4.78 is 1.71. The lowest BCUT2D eigenvalue weighted by atomic mass is 9.98. The number of nitrogens with one attached hydrogen (secondary N) is 1. The third-order valence-electron chi connectivity index (χ3n) is 3.59. The van der Waals surface area contributed by atoms with Gasteiger partial charge in [0.15, 0.2) is 0 Å². The molecule has 1 N–H and O–H groups in total. The first kappa shape index (κ1) is 16.6. The molecule has 0 bridgehead atoms. The number of carbonyl (C=O) groups excluding carboxylic acids is 1. The van der Waals surface area contributed by atoms with Gasteiger partial charge in [0.2, 0.25) is 5.91 Å². The second-order valence-electron chi connectivity index (χ2n) is 5.31. The van der Waals surface area contributed by atoms with Crippen LogP contribution in [-0.2, 0) is 11.3 Å². The van der Waals surface area contributed by atoms with Gasteiger partial charge in [-0.05, 0) is 29.3 Å². The van der Waals surface area contributed by atoms with Crippen LogP contribution in [0, 0.1) is 0 Å². The molecule has 1 atom stereocenters. The summed E-state index contributed by atoms with van der Waals surface area (Å²) in [5, 5.41) is 4.15. The van der Waals surface area contributed by atoms with Crippen LogP contribution in [-0.4, -0.2) is 15.5 Å². The SMILES string of the molecule is O=C(Cn1ccnc1)NC(c1ccccc1)c1cc(Cl)ccc1Cl. The van der Waals surface area contributed by atoms with Gasteiger partial charge in [0, 0.05) is 22.4 Å². The van der Waals surface area contributed by atoms with Crippen molar-refractivity contribution in [2.75, 3.05) is 0 Å². The molecule has 0 saturated heterocycles. The van der Waals surface area contributed by atoms with Gasteiger partial charge in [0.1, 0.15) is 6.54 Å². The number of hydrogen-bond acceptors (Lipinski definition) is 2. The van der Waals surface area contributed by atoms with Crippen molar-refractivity contribution in [1.82, 2.24) is 14.9 Å². The van der Waals surface area contributed by atoms with Crippen LogP contribution >= 0.6 is 23.2 Å². The van der Waals surface area contributed by atoms with Crippen molar-refractivity contribution in [1.29, 1.82) is 0 Å². The lowest BCUT2D eigenvalue weighted by Gasteiger charge is -2.21. The Hall–Kier alpha value is -2.30. The number of halogens is 2. The Kier molecular flexibility index (Phi) is 5.18. The highest BCUT2D eigenvalue weighted by Gasteiger charge is 2.20. The summed E-state index contributed by atoms with van der Waals surface area (Å²) in [6.45, 7) is 0.182. The molecule has 1 heterocycles. The number of aromatic nitrogens is 2. The zero-order chi connectivity index (χ0) is 16.9. The molecule has 24 heavy (non-hydrogen) atoms. The second kappa shape index (κ2) is 7.51. The number of hydrogen-bond donors (Lipinski definition) is 1. The fraction of sp³-hybridized carbons (Fsp3) is 0.111. The molecule has 3 aromatic rings. The minimum absolute atomic E-state index is 0.141. The fourth-order valence-corrected chi connectivity index (χ4v) is 2.88. The van der Waals surface area contributed by atoms with Crippen LogP contribution in [0.5, 0.6) is 0 Å². The molecular formula is C18H15Cl2N3O. The van der Waals surface area contributed by atoms with E-state index in [1.54, 1.807) is 41.5 Å². The van der Waals surface area contributed by atoms with Gasteiger partial charge >= 0.3 is 0 Å². The highest BCUT2D eigenvalue weighted by Crippen LogP contribution is 2.30. The van der Waals surface area contributed by atoms with E-state index in [0.29, 0.717) is 10.0 Å². The van der Waals surface area contributed by atoms with Gasteiger partial charge in [-0.2, -0.15) is 0 Å². The standard InChI is InChI=1S/C18H15Cl2N3O/c19-14-6-7-16(20)15(10-14)18(13-4-2-1-3-5-13)22-17(24)11-23-9-8-21-12-23/h1-10,12,18H,11H2,(H,22,24). The third kappa shape index (κ3) is 3.96. The minimum Gasteiger partial charge on any atom is -0.344 e. The Bertz CT molecular complexity index is 820. The van der Waals surface area contributed by atoms with E-state index in [1.165, 1.54) is 0 Å². The lowest BCUT2D eigenvalue weighted by molar-refractivity contribution is -0.122. The summed E-state index contributed by atoms with van der Waals surface area (Å²) in [5.41, 5.74) is 1.69. The topological polar surface area (TPSA) is 46.9 Å². The molecule has 0 aliphatic rings. The van der Waals surface area contributed by atoms with E-state index in [2.05, 4.69) is 10.3 Å². The molecule has 0 radical (unpaired) electrons. The molecule has 0 fully saturated rings. The maximum absolute atomic E-state index is 12.4. The Balaban J connectivity index is 1.91. The lowest BCUT2D eigenvalue weighted by Crippen LogP contribution is -2.32. The number of nitrogens with zero attached hydrogens (tertiary/aromatic N) is 2. The van der Waals surface area contributed by atoms with Crippen LogP contribution in [0.15, 0.2) is 67.3 Å². The molecule has 1 unspecified atom stereocenters. The number of carbonyl (C=O) groups is 1. The van der Waals surface area contributed by atoms with E-state index in [-0.39, 0.29) is 18.5 Å². The average Bonchev–Trinajstić information content (AvgIpc) is 3.09. The molecule has 0 aliphatic heterocycles. The van der Waals surface area contributed by atoms with Crippen LogP contribution in [0.1, 0.15) is 17.2 Å². The minimum atomic E-state index is -0.381. The summed E-state index contributed by atoms with van der Waals surface area (Å²) in [6, 6.07) is 14.5. The first-order chi connectivity index (χ1) is 11.6. The molecular weight excluding hydrogens is 345 g/mol. The highest BCUT2D eigenvalue weighted by atomic mass is 35.5. The Morgan fingerprint density at radius 1 is 1.17 bits per heavy atom. The van der Waals surface area contributed by atoms with E-state index in [9.17, 15) is 4.79 Å². The number of benzene rings is 2. The molecule has 1 aromatic heterocycles. The van der Waals surface area contributed by atoms with Crippen molar-refractivity contribution in [3.05, 3.63) is 88.4 Å². The summed E-state index contributed by atoms with van der Waals surface area (Å²) in [4.78, 5) is 16.4. The molecule has 6 heteroatoms. The normalized spacial score (nSPS) is 11.9. The summed E-state index contributed by atoms with van der Waals surface area (Å²) in [6.07, 6.45) is 4.97. The number of imidazole rings is 1. The first-order valence-electron chi connectivity index (χ1n) is 7.38. The smallest absolute Gasteiger partial charge is 0.240 e. The number of amides is 1. The van der Waals surface area contributed by atoms with Crippen LogP contribution in [0.2, 0.25) is 10.0 Å². The van der Waals surface area contributed by atoms with Crippen LogP contribution in [0.3, 0.4) is 0 Å².